The van der Waals surface area contributed by atoms with Crippen molar-refractivity contribution in [3.63, 3.8) is 0 Å². The number of benzene rings is 1. The van der Waals surface area contributed by atoms with Crippen molar-refractivity contribution in [3.8, 4) is 6.07 Å². The van der Waals surface area contributed by atoms with Gasteiger partial charge in [0.2, 0.25) is 0 Å². The Kier molecular flexibility index (Phi) is 2.69. The molecule has 0 N–H and O–H groups in total. The molecule has 0 radical (unpaired) electrons. The Morgan fingerprint density at radius 2 is 1.90 bits per heavy atom. The van der Waals surface area contributed by atoms with Gasteiger partial charge in [0, 0.05) is 0 Å². The van der Waals surface area contributed by atoms with E-state index in [2.05, 4.69) is 28.7 Å². The molecular formula is C8H6IN. The standard InChI is InChI=1S/C8H6IN/c9-8(6-10)7-4-2-1-3-5-7/h1-5,8H. The zero-order valence-electron chi connectivity index (χ0n) is 5.29. The van der Waals surface area contributed by atoms with Crippen molar-refractivity contribution in [1.29, 1.82) is 5.26 Å². The van der Waals surface area contributed by atoms with Crippen LogP contribution in [0.1, 0.15) is 9.49 Å². The van der Waals surface area contributed by atoms with E-state index in [0.29, 0.717) is 0 Å². The van der Waals surface area contributed by atoms with Crippen LogP contribution in [0.25, 0.3) is 0 Å². The van der Waals surface area contributed by atoms with Gasteiger partial charge in [0.25, 0.3) is 0 Å². The lowest BCUT2D eigenvalue weighted by Crippen LogP contribution is -1.82. The van der Waals surface area contributed by atoms with Gasteiger partial charge in [-0.25, -0.2) is 0 Å². The Bertz CT molecular complexity index is 237. The van der Waals surface area contributed by atoms with Crippen molar-refractivity contribution in [1.82, 2.24) is 0 Å². The van der Waals surface area contributed by atoms with E-state index in [-0.39, 0.29) is 3.92 Å². The van der Waals surface area contributed by atoms with E-state index in [0.717, 1.165) is 5.56 Å². The molecule has 1 aromatic rings. The van der Waals surface area contributed by atoms with Gasteiger partial charge in [0.15, 0.2) is 0 Å². The van der Waals surface area contributed by atoms with Crippen LogP contribution in [0.5, 0.6) is 0 Å². The third-order valence-corrected chi connectivity index (χ3v) is 2.20. The van der Waals surface area contributed by atoms with Gasteiger partial charge >= 0.3 is 0 Å². The highest BCUT2D eigenvalue weighted by molar-refractivity contribution is 14.1. The molecule has 1 rings (SSSR count). The molecule has 0 amide bonds. The van der Waals surface area contributed by atoms with Crippen LogP contribution in [0.15, 0.2) is 30.3 Å². The lowest BCUT2D eigenvalue weighted by molar-refractivity contribution is 1.27. The molecule has 0 aromatic heterocycles. The molecule has 0 saturated heterocycles. The van der Waals surface area contributed by atoms with Crippen molar-refractivity contribution in [2.45, 2.75) is 3.92 Å². The van der Waals surface area contributed by atoms with Gasteiger partial charge in [-0.3, -0.25) is 0 Å². The Balaban J connectivity index is 2.88. The largest absolute Gasteiger partial charge is 0.197 e. The maximum Gasteiger partial charge on any atom is 0.123 e. The molecule has 0 heterocycles. The highest BCUT2D eigenvalue weighted by Gasteiger charge is 2.01. The van der Waals surface area contributed by atoms with Crippen LogP contribution in [0, 0.1) is 11.3 Å². The number of hydrogen-bond donors (Lipinski definition) is 0. The summed E-state index contributed by atoms with van der Waals surface area (Å²) in [4.78, 5) is 0. The highest BCUT2D eigenvalue weighted by atomic mass is 127. The van der Waals surface area contributed by atoms with E-state index in [1.807, 2.05) is 30.3 Å². The lowest BCUT2D eigenvalue weighted by atomic mass is 10.2. The maximum atomic E-state index is 8.53. The summed E-state index contributed by atoms with van der Waals surface area (Å²) in [7, 11) is 0. The Labute approximate surface area is 73.8 Å². The van der Waals surface area contributed by atoms with Gasteiger partial charge in [0.05, 0.1) is 6.07 Å². The Morgan fingerprint density at radius 3 is 2.40 bits per heavy atom. The van der Waals surface area contributed by atoms with E-state index in [1.165, 1.54) is 0 Å². The fourth-order valence-corrected chi connectivity index (χ4v) is 1.11. The normalized spacial score (nSPS) is 12.0. The number of rotatable bonds is 1. The number of nitriles is 1. The topological polar surface area (TPSA) is 23.8 Å². The van der Waals surface area contributed by atoms with E-state index in [4.69, 9.17) is 5.26 Å². The minimum Gasteiger partial charge on any atom is -0.197 e. The highest BCUT2D eigenvalue weighted by Crippen LogP contribution is 2.20. The Hall–Kier alpha value is -0.560. The monoisotopic (exact) mass is 243 g/mol. The van der Waals surface area contributed by atoms with Crippen LogP contribution < -0.4 is 0 Å². The predicted octanol–water partition coefficient (Wildman–Crippen LogP) is 2.69. The summed E-state index contributed by atoms with van der Waals surface area (Å²) >= 11 is 2.11. The smallest absolute Gasteiger partial charge is 0.123 e. The van der Waals surface area contributed by atoms with Crippen LogP contribution in [0.3, 0.4) is 0 Å². The third-order valence-electron chi connectivity index (χ3n) is 1.21. The number of nitrogens with zero attached hydrogens (tertiary/aromatic N) is 1. The third kappa shape index (κ3) is 1.71. The van der Waals surface area contributed by atoms with Gasteiger partial charge in [-0.1, -0.05) is 52.9 Å². The SMILES string of the molecule is N#CC(I)c1ccccc1. The number of alkyl halides is 1. The zero-order valence-corrected chi connectivity index (χ0v) is 7.45. The van der Waals surface area contributed by atoms with Crippen molar-refractivity contribution < 1.29 is 0 Å². The molecule has 0 spiro atoms. The van der Waals surface area contributed by atoms with Crippen molar-refractivity contribution in [2.24, 2.45) is 0 Å². The average Bonchev–Trinajstić information content (AvgIpc) is 2.05. The minimum atomic E-state index is -0.0150. The molecule has 0 aliphatic rings. The molecule has 1 aromatic carbocycles. The first kappa shape index (κ1) is 7.55. The summed E-state index contributed by atoms with van der Waals surface area (Å²) in [6, 6.07) is 11.9. The molecule has 0 aliphatic carbocycles. The molecule has 1 unspecified atom stereocenters. The predicted molar refractivity (Wildman–Crippen MR) is 48.8 cm³/mol. The summed E-state index contributed by atoms with van der Waals surface area (Å²) in [6.45, 7) is 0. The summed E-state index contributed by atoms with van der Waals surface area (Å²) in [6.07, 6.45) is 0. The summed E-state index contributed by atoms with van der Waals surface area (Å²) in [5, 5.41) is 8.53. The molecule has 0 bridgehead atoms. The van der Waals surface area contributed by atoms with E-state index in [9.17, 15) is 0 Å². The second-order valence-corrected chi connectivity index (χ2v) is 3.15. The van der Waals surface area contributed by atoms with Crippen LogP contribution in [-0.4, -0.2) is 0 Å². The van der Waals surface area contributed by atoms with E-state index >= 15 is 0 Å². The lowest BCUT2D eigenvalue weighted by Gasteiger charge is -1.97. The quantitative estimate of drug-likeness (QED) is 0.549. The second kappa shape index (κ2) is 3.57. The molecule has 0 fully saturated rings. The van der Waals surface area contributed by atoms with Crippen LogP contribution in [0.2, 0.25) is 0 Å². The van der Waals surface area contributed by atoms with Crippen molar-refractivity contribution in [2.75, 3.05) is 0 Å². The molecule has 10 heavy (non-hydrogen) atoms. The molecule has 1 atom stereocenters. The molecule has 1 nitrogen and oxygen atoms in total. The number of halogens is 1. The molecule has 2 heteroatoms. The summed E-state index contributed by atoms with van der Waals surface area (Å²) in [5.41, 5.74) is 1.07. The average molecular weight is 243 g/mol. The molecule has 0 aliphatic heterocycles. The van der Waals surface area contributed by atoms with Crippen LogP contribution in [-0.2, 0) is 0 Å². The van der Waals surface area contributed by atoms with Gasteiger partial charge in [-0.15, -0.1) is 0 Å². The fourth-order valence-electron chi connectivity index (χ4n) is 0.697. The summed E-state index contributed by atoms with van der Waals surface area (Å²) < 4.78 is -0.0150. The van der Waals surface area contributed by atoms with Gasteiger partial charge in [0.1, 0.15) is 3.92 Å². The molecule has 0 saturated carbocycles. The van der Waals surface area contributed by atoms with Crippen LogP contribution in [0.4, 0.5) is 0 Å². The first-order chi connectivity index (χ1) is 4.84. The van der Waals surface area contributed by atoms with Crippen molar-refractivity contribution >= 4 is 22.6 Å². The first-order valence-electron chi connectivity index (χ1n) is 2.93. The maximum absolute atomic E-state index is 8.53. The number of hydrogen-bond acceptors (Lipinski definition) is 1. The fraction of sp³-hybridized carbons (Fsp3) is 0.125. The molecular weight excluding hydrogens is 237 g/mol. The zero-order chi connectivity index (χ0) is 7.40. The van der Waals surface area contributed by atoms with Crippen LogP contribution >= 0.6 is 22.6 Å². The second-order valence-electron chi connectivity index (χ2n) is 1.90. The van der Waals surface area contributed by atoms with Crippen molar-refractivity contribution in [3.05, 3.63) is 35.9 Å². The Morgan fingerprint density at radius 1 is 1.30 bits per heavy atom. The van der Waals surface area contributed by atoms with Gasteiger partial charge in [-0.05, 0) is 5.56 Å². The molecule has 50 valence electrons. The first-order valence-corrected chi connectivity index (χ1v) is 4.18. The van der Waals surface area contributed by atoms with E-state index in [1.54, 1.807) is 0 Å². The van der Waals surface area contributed by atoms with Gasteiger partial charge < -0.3 is 0 Å². The van der Waals surface area contributed by atoms with Gasteiger partial charge in [-0.2, -0.15) is 5.26 Å². The summed E-state index contributed by atoms with van der Waals surface area (Å²) in [5.74, 6) is 0. The minimum absolute atomic E-state index is 0.0150. The van der Waals surface area contributed by atoms with E-state index < -0.39 is 0 Å².